The number of imidazole rings is 1. The average Bonchev–Trinajstić information content (AvgIpc) is 2.91. The maximum atomic E-state index is 12.4. The first-order valence-corrected chi connectivity index (χ1v) is 8.64. The van der Waals surface area contributed by atoms with Crippen LogP contribution >= 0.6 is 22.9 Å². The summed E-state index contributed by atoms with van der Waals surface area (Å²) < 4.78 is 28.6. The van der Waals surface area contributed by atoms with E-state index in [0.717, 1.165) is 6.42 Å². The zero-order valence-corrected chi connectivity index (χ0v) is 12.6. The van der Waals surface area contributed by atoms with Gasteiger partial charge in [-0.3, -0.25) is 9.20 Å². The highest BCUT2D eigenvalue weighted by Gasteiger charge is 2.31. The van der Waals surface area contributed by atoms with Crippen molar-refractivity contribution in [1.29, 1.82) is 0 Å². The van der Waals surface area contributed by atoms with Crippen LogP contribution in [-0.4, -0.2) is 36.3 Å². The molecule has 3 rings (SSSR count). The standard InChI is InChI=1S/C10H11ClN4O3S2/c11-7-9(15-4-5-19-10(15)13-7)20(17,18)14-6-2-1-3-12-8(6)16/h4-6,14H,1-3H2,(H,12,16). The minimum Gasteiger partial charge on any atom is -0.355 e. The SMILES string of the molecule is O=C1NCCCC1NS(=O)(=O)c1c(Cl)nc2sccn12. The van der Waals surface area contributed by atoms with Gasteiger partial charge < -0.3 is 5.32 Å². The smallest absolute Gasteiger partial charge is 0.260 e. The van der Waals surface area contributed by atoms with Crippen LogP contribution < -0.4 is 10.0 Å². The predicted molar refractivity (Wildman–Crippen MR) is 74.4 cm³/mol. The molecule has 0 aromatic carbocycles. The van der Waals surface area contributed by atoms with E-state index in [4.69, 9.17) is 11.6 Å². The Morgan fingerprint density at radius 2 is 2.35 bits per heavy atom. The first-order valence-electron chi connectivity index (χ1n) is 5.90. The average molecular weight is 335 g/mol. The number of hydrogen-bond acceptors (Lipinski definition) is 5. The number of rotatable bonds is 3. The van der Waals surface area contributed by atoms with Crippen LogP contribution in [0.25, 0.3) is 4.96 Å². The molecule has 1 aliphatic rings. The molecule has 0 bridgehead atoms. The van der Waals surface area contributed by atoms with Crippen molar-refractivity contribution < 1.29 is 13.2 Å². The van der Waals surface area contributed by atoms with Gasteiger partial charge in [-0.25, -0.2) is 13.4 Å². The molecule has 10 heteroatoms. The maximum absolute atomic E-state index is 12.4. The van der Waals surface area contributed by atoms with E-state index in [-0.39, 0.29) is 16.1 Å². The largest absolute Gasteiger partial charge is 0.355 e. The Morgan fingerprint density at radius 1 is 1.55 bits per heavy atom. The van der Waals surface area contributed by atoms with Crippen LogP contribution in [0.4, 0.5) is 0 Å². The van der Waals surface area contributed by atoms with Crippen LogP contribution in [0.1, 0.15) is 12.8 Å². The zero-order chi connectivity index (χ0) is 14.3. The topological polar surface area (TPSA) is 92.6 Å². The molecule has 7 nitrogen and oxygen atoms in total. The Kier molecular flexibility index (Phi) is 3.44. The Hall–Kier alpha value is -1.16. The first-order chi connectivity index (χ1) is 9.49. The molecule has 0 radical (unpaired) electrons. The first kappa shape index (κ1) is 13.8. The van der Waals surface area contributed by atoms with Gasteiger partial charge in [0.05, 0.1) is 0 Å². The molecule has 1 fully saturated rings. The number of amides is 1. The highest BCUT2D eigenvalue weighted by Crippen LogP contribution is 2.25. The van der Waals surface area contributed by atoms with Crippen LogP contribution in [-0.2, 0) is 14.8 Å². The number of halogens is 1. The second kappa shape index (κ2) is 4.99. The van der Waals surface area contributed by atoms with E-state index in [0.29, 0.717) is 17.9 Å². The van der Waals surface area contributed by atoms with E-state index in [1.54, 1.807) is 11.6 Å². The van der Waals surface area contributed by atoms with Gasteiger partial charge in [0, 0.05) is 18.1 Å². The lowest BCUT2D eigenvalue weighted by molar-refractivity contribution is -0.124. The minimum atomic E-state index is -3.91. The van der Waals surface area contributed by atoms with Gasteiger partial charge in [-0.2, -0.15) is 4.72 Å². The summed E-state index contributed by atoms with van der Waals surface area (Å²) in [6.07, 6.45) is 2.77. The summed E-state index contributed by atoms with van der Waals surface area (Å²) >= 11 is 7.18. The molecule has 2 N–H and O–H groups in total. The number of sulfonamides is 1. The molecule has 0 saturated carbocycles. The number of hydrogen-bond donors (Lipinski definition) is 2. The van der Waals surface area contributed by atoms with Crippen LogP contribution in [0.5, 0.6) is 0 Å². The second-order valence-electron chi connectivity index (χ2n) is 4.37. The van der Waals surface area contributed by atoms with Gasteiger partial charge in [0.25, 0.3) is 10.0 Å². The summed E-state index contributed by atoms with van der Waals surface area (Å²) in [5.41, 5.74) is 0. The van der Waals surface area contributed by atoms with E-state index in [9.17, 15) is 13.2 Å². The third-order valence-corrected chi connectivity index (χ3v) is 5.64. The number of piperidine rings is 1. The van der Waals surface area contributed by atoms with Gasteiger partial charge in [0.1, 0.15) is 6.04 Å². The van der Waals surface area contributed by atoms with Crippen molar-refractivity contribution in [1.82, 2.24) is 19.4 Å². The van der Waals surface area contributed by atoms with Crippen molar-refractivity contribution in [2.45, 2.75) is 23.9 Å². The molecule has 1 aliphatic heterocycles. The summed E-state index contributed by atoms with van der Waals surface area (Å²) in [7, 11) is -3.91. The highest BCUT2D eigenvalue weighted by molar-refractivity contribution is 7.89. The molecule has 1 atom stereocenters. The van der Waals surface area contributed by atoms with Crippen molar-refractivity contribution >= 4 is 43.8 Å². The van der Waals surface area contributed by atoms with Gasteiger partial charge in [-0.15, -0.1) is 11.3 Å². The van der Waals surface area contributed by atoms with Crippen LogP contribution in [0.15, 0.2) is 16.6 Å². The fourth-order valence-electron chi connectivity index (χ4n) is 2.11. The summed E-state index contributed by atoms with van der Waals surface area (Å²) in [5, 5.41) is 4.11. The zero-order valence-electron chi connectivity index (χ0n) is 10.2. The molecule has 108 valence electrons. The van der Waals surface area contributed by atoms with Gasteiger partial charge >= 0.3 is 0 Å². The summed E-state index contributed by atoms with van der Waals surface area (Å²) in [6, 6.07) is -0.769. The Morgan fingerprint density at radius 3 is 3.10 bits per heavy atom. The highest BCUT2D eigenvalue weighted by atomic mass is 35.5. The molecule has 2 aromatic heterocycles. The number of nitrogens with one attached hydrogen (secondary N) is 2. The molecular weight excluding hydrogens is 324 g/mol. The summed E-state index contributed by atoms with van der Waals surface area (Å²) in [5.74, 6) is -0.318. The van der Waals surface area contributed by atoms with Gasteiger partial charge in [0.15, 0.2) is 15.1 Å². The number of fused-ring (bicyclic) bond motifs is 1. The lowest BCUT2D eigenvalue weighted by Crippen LogP contribution is -2.50. The maximum Gasteiger partial charge on any atom is 0.260 e. The molecule has 2 aromatic rings. The molecule has 1 unspecified atom stereocenters. The Balaban J connectivity index is 1.97. The van der Waals surface area contributed by atoms with Gasteiger partial charge in [-0.05, 0) is 12.8 Å². The van der Waals surface area contributed by atoms with Crippen LogP contribution in [0.3, 0.4) is 0 Å². The van der Waals surface area contributed by atoms with E-state index in [1.807, 2.05) is 0 Å². The minimum absolute atomic E-state index is 0.0967. The fraction of sp³-hybridized carbons (Fsp3) is 0.400. The number of carbonyl (C=O) groups is 1. The van der Waals surface area contributed by atoms with Gasteiger partial charge in [-0.1, -0.05) is 11.6 Å². The Bertz CT molecular complexity index is 767. The third-order valence-electron chi connectivity index (χ3n) is 3.02. The van der Waals surface area contributed by atoms with Crippen molar-refractivity contribution in [3.05, 3.63) is 16.7 Å². The number of thiazole rings is 1. The molecule has 0 aliphatic carbocycles. The monoisotopic (exact) mass is 334 g/mol. The van der Waals surface area contributed by atoms with E-state index in [1.165, 1.54) is 15.7 Å². The van der Waals surface area contributed by atoms with Crippen molar-refractivity contribution in [3.8, 4) is 0 Å². The van der Waals surface area contributed by atoms with E-state index < -0.39 is 16.1 Å². The van der Waals surface area contributed by atoms with Crippen LogP contribution in [0.2, 0.25) is 5.15 Å². The lowest BCUT2D eigenvalue weighted by Gasteiger charge is -2.22. The number of carbonyl (C=O) groups excluding carboxylic acids is 1. The number of aromatic nitrogens is 2. The second-order valence-corrected chi connectivity index (χ2v) is 7.23. The van der Waals surface area contributed by atoms with Gasteiger partial charge in [0.2, 0.25) is 5.91 Å². The van der Waals surface area contributed by atoms with Crippen LogP contribution in [0, 0.1) is 0 Å². The van der Waals surface area contributed by atoms with E-state index >= 15 is 0 Å². The quantitative estimate of drug-likeness (QED) is 0.860. The summed E-state index contributed by atoms with van der Waals surface area (Å²) in [6.45, 7) is 0.569. The van der Waals surface area contributed by atoms with Crippen molar-refractivity contribution in [3.63, 3.8) is 0 Å². The molecular formula is C10H11ClN4O3S2. The van der Waals surface area contributed by atoms with Crippen molar-refractivity contribution in [2.75, 3.05) is 6.54 Å². The molecule has 1 amide bonds. The summed E-state index contributed by atoms with van der Waals surface area (Å²) in [4.78, 5) is 16.1. The predicted octanol–water partition coefficient (Wildman–Crippen LogP) is 0.606. The van der Waals surface area contributed by atoms with E-state index in [2.05, 4.69) is 15.0 Å². The normalized spacial score (nSPS) is 20.2. The lowest BCUT2D eigenvalue weighted by atomic mass is 10.1. The molecule has 3 heterocycles. The number of nitrogens with zero attached hydrogens (tertiary/aromatic N) is 2. The van der Waals surface area contributed by atoms with Crippen molar-refractivity contribution in [2.24, 2.45) is 0 Å². The molecule has 0 spiro atoms. The molecule has 1 saturated heterocycles. The molecule has 20 heavy (non-hydrogen) atoms. The third kappa shape index (κ3) is 2.30. The Labute approximate surface area is 124 Å². The fourth-order valence-corrected chi connectivity index (χ4v) is 4.79.